The number of amides is 1. The molecule has 6 nitrogen and oxygen atoms in total. The summed E-state index contributed by atoms with van der Waals surface area (Å²) in [5.74, 6) is 0.0553. The molecule has 0 aliphatic carbocycles. The van der Waals surface area contributed by atoms with Crippen molar-refractivity contribution in [1.82, 2.24) is 20.1 Å². The van der Waals surface area contributed by atoms with Crippen molar-refractivity contribution in [2.75, 3.05) is 6.61 Å². The van der Waals surface area contributed by atoms with Crippen LogP contribution in [0.5, 0.6) is 5.88 Å². The van der Waals surface area contributed by atoms with Gasteiger partial charge in [0.25, 0.3) is 5.91 Å². The van der Waals surface area contributed by atoms with Gasteiger partial charge >= 0.3 is 0 Å². The van der Waals surface area contributed by atoms with Crippen LogP contribution in [0.4, 0.5) is 4.39 Å². The van der Waals surface area contributed by atoms with Crippen LogP contribution in [0.15, 0.2) is 48.9 Å². The predicted molar refractivity (Wildman–Crippen MR) is 103 cm³/mol. The molecule has 7 heteroatoms. The molecule has 0 saturated carbocycles. The van der Waals surface area contributed by atoms with Crippen molar-refractivity contribution in [3.05, 3.63) is 65.6 Å². The van der Waals surface area contributed by atoms with E-state index >= 15 is 0 Å². The number of halogens is 1. The number of ether oxygens (including phenoxy) is 1. The maximum Gasteiger partial charge on any atom is 0.260 e. The molecule has 0 saturated heterocycles. The Hall–Kier alpha value is -3.22. The van der Waals surface area contributed by atoms with Crippen molar-refractivity contribution in [3.8, 4) is 17.0 Å². The van der Waals surface area contributed by atoms with Crippen molar-refractivity contribution in [2.24, 2.45) is 0 Å². The van der Waals surface area contributed by atoms with Crippen LogP contribution in [-0.4, -0.2) is 38.3 Å². The number of alkyl halides is 1. The Morgan fingerprint density at radius 2 is 2.00 bits per heavy atom. The Morgan fingerprint density at radius 1 is 1.21 bits per heavy atom. The zero-order chi connectivity index (χ0) is 19.7. The number of aromatic nitrogens is 3. The van der Waals surface area contributed by atoms with E-state index in [1.54, 1.807) is 17.3 Å². The van der Waals surface area contributed by atoms with E-state index in [9.17, 15) is 9.18 Å². The van der Waals surface area contributed by atoms with E-state index in [0.29, 0.717) is 18.7 Å². The van der Waals surface area contributed by atoms with Crippen molar-refractivity contribution in [1.29, 1.82) is 0 Å². The average Bonchev–Trinajstić information content (AvgIpc) is 3.30. The summed E-state index contributed by atoms with van der Waals surface area (Å²) in [7, 11) is 0. The van der Waals surface area contributed by atoms with Gasteiger partial charge in [0.2, 0.25) is 5.88 Å². The molecule has 4 rings (SSSR count). The number of rotatable bonds is 6. The third-order valence-electron chi connectivity index (χ3n) is 4.58. The minimum absolute atomic E-state index is 0.145. The van der Waals surface area contributed by atoms with Gasteiger partial charge in [-0.05, 0) is 36.6 Å². The van der Waals surface area contributed by atoms with E-state index in [1.165, 1.54) is 13.8 Å². The smallest absolute Gasteiger partial charge is 0.260 e. The third kappa shape index (κ3) is 3.74. The number of fused-ring (bicyclic) bond motifs is 1. The van der Waals surface area contributed by atoms with Crippen molar-refractivity contribution >= 4 is 5.91 Å². The number of hydrogen-bond acceptors (Lipinski definition) is 4. The molecule has 3 aromatic rings. The van der Waals surface area contributed by atoms with Gasteiger partial charge in [-0.25, -0.2) is 9.37 Å². The number of nitrogens with zero attached hydrogens (tertiary/aromatic N) is 3. The van der Waals surface area contributed by atoms with E-state index < -0.39 is 5.67 Å². The van der Waals surface area contributed by atoms with Crippen LogP contribution in [0.2, 0.25) is 0 Å². The fourth-order valence-corrected chi connectivity index (χ4v) is 3.19. The number of nitrogens with one attached hydrogen (secondary N) is 1. The van der Waals surface area contributed by atoms with Crippen molar-refractivity contribution < 1.29 is 13.9 Å². The van der Waals surface area contributed by atoms with E-state index in [2.05, 4.69) is 15.2 Å². The molecule has 144 valence electrons. The maximum atomic E-state index is 13.8. The molecule has 2 aromatic heterocycles. The number of carbonyl (C=O) groups is 1. The van der Waals surface area contributed by atoms with E-state index in [4.69, 9.17) is 4.74 Å². The second-order valence-corrected chi connectivity index (χ2v) is 7.50. The molecular weight excluding hydrogens is 359 g/mol. The standard InChI is InChI=1S/C21H21FN4O2/c1-21(2,22)13-28-19-18-16(7-8-23-19)12-26(20(18)27)11-14-3-5-15(6-4-14)17-9-24-25-10-17/h3-10H,11-13H2,1-2H3,(H,24,25). The molecule has 3 heterocycles. The van der Waals surface area contributed by atoms with Crippen LogP contribution in [0.25, 0.3) is 11.1 Å². The molecular formula is C21H21FN4O2. The molecule has 1 aliphatic rings. The number of H-pyrrole nitrogens is 1. The van der Waals surface area contributed by atoms with Crippen LogP contribution in [0.3, 0.4) is 0 Å². The lowest BCUT2D eigenvalue weighted by Crippen LogP contribution is -2.25. The highest BCUT2D eigenvalue weighted by Gasteiger charge is 2.32. The highest BCUT2D eigenvalue weighted by Crippen LogP contribution is 2.31. The first kappa shape index (κ1) is 18.2. The fraction of sp³-hybridized carbons (Fsp3) is 0.286. The molecule has 1 aliphatic heterocycles. The van der Waals surface area contributed by atoms with Crippen LogP contribution in [0.1, 0.15) is 35.3 Å². The molecule has 1 aromatic carbocycles. The first-order valence-electron chi connectivity index (χ1n) is 9.08. The summed E-state index contributed by atoms with van der Waals surface area (Å²) in [6, 6.07) is 9.82. The number of carbonyl (C=O) groups excluding carboxylic acids is 1. The summed E-state index contributed by atoms with van der Waals surface area (Å²) in [4.78, 5) is 18.8. The molecule has 0 atom stereocenters. The largest absolute Gasteiger partial charge is 0.474 e. The van der Waals surface area contributed by atoms with Crippen LogP contribution in [-0.2, 0) is 13.1 Å². The molecule has 0 radical (unpaired) electrons. The van der Waals surface area contributed by atoms with Gasteiger partial charge in [-0.2, -0.15) is 5.10 Å². The molecule has 28 heavy (non-hydrogen) atoms. The van der Waals surface area contributed by atoms with Gasteiger partial charge in [0.05, 0.1) is 6.20 Å². The zero-order valence-electron chi connectivity index (χ0n) is 15.8. The second-order valence-electron chi connectivity index (χ2n) is 7.50. The van der Waals surface area contributed by atoms with E-state index in [1.807, 2.05) is 36.5 Å². The first-order valence-corrected chi connectivity index (χ1v) is 9.08. The van der Waals surface area contributed by atoms with Crippen molar-refractivity contribution in [3.63, 3.8) is 0 Å². The summed E-state index contributed by atoms with van der Waals surface area (Å²) in [5, 5.41) is 6.75. The van der Waals surface area contributed by atoms with Gasteiger partial charge in [0.15, 0.2) is 0 Å². The molecule has 0 spiro atoms. The van der Waals surface area contributed by atoms with Gasteiger partial charge in [-0.3, -0.25) is 9.89 Å². The summed E-state index contributed by atoms with van der Waals surface area (Å²) < 4.78 is 19.3. The minimum atomic E-state index is -1.50. The van der Waals surface area contributed by atoms with Gasteiger partial charge in [0.1, 0.15) is 17.8 Å². The Kier molecular flexibility index (Phi) is 4.58. The Bertz CT molecular complexity index is 979. The highest BCUT2D eigenvalue weighted by atomic mass is 19.1. The third-order valence-corrected chi connectivity index (χ3v) is 4.58. The van der Waals surface area contributed by atoms with E-state index in [0.717, 1.165) is 22.3 Å². The van der Waals surface area contributed by atoms with Gasteiger partial charge < -0.3 is 9.64 Å². The van der Waals surface area contributed by atoms with Crippen molar-refractivity contribution in [2.45, 2.75) is 32.6 Å². The monoisotopic (exact) mass is 380 g/mol. The number of pyridine rings is 1. The average molecular weight is 380 g/mol. The number of benzene rings is 1. The molecule has 1 N–H and O–H groups in total. The Morgan fingerprint density at radius 3 is 2.68 bits per heavy atom. The summed E-state index contributed by atoms with van der Waals surface area (Å²) in [6.45, 7) is 3.66. The summed E-state index contributed by atoms with van der Waals surface area (Å²) in [6.07, 6.45) is 5.20. The van der Waals surface area contributed by atoms with E-state index in [-0.39, 0.29) is 18.4 Å². The lowest BCUT2D eigenvalue weighted by molar-refractivity contribution is 0.0755. The van der Waals surface area contributed by atoms with Crippen LogP contribution >= 0.6 is 0 Å². The zero-order valence-corrected chi connectivity index (χ0v) is 15.8. The SMILES string of the molecule is CC(C)(F)COc1nccc2c1C(=O)N(Cc1ccc(-c3cn[nH]c3)cc1)C2. The fourth-order valence-electron chi connectivity index (χ4n) is 3.19. The topological polar surface area (TPSA) is 71.1 Å². The predicted octanol–water partition coefficient (Wildman–Crippen LogP) is 3.75. The summed E-state index contributed by atoms with van der Waals surface area (Å²) in [5.41, 5.74) is 2.88. The van der Waals surface area contributed by atoms with Crippen LogP contribution < -0.4 is 4.74 Å². The molecule has 0 fully saturated rings. The quantitative estimate of drug-likeness (QED) is 0.707. The normalized spacial score (nSPS) is 13.7. The summed E-state index contributed by atoms with van der Waals surface area (Å²) >= 11 is 0. The van der Waals surface area contributed by atoms with Gasteiger partial charge in [-0.15, -0.1) is 0 Å². The highest BCUT2D eigenvalue weighted by molar-refractivity contribution is 6.00. The lowest BCUT2D eigenvalue weighted by atomic mass is 10.1. The molecule has 0 unspecified atom stereocenters. The second kappa shape index (κ2) is 7.07. The van der Waals surface area contributed by atoms with Gasteiger partial charge in [0, 0.05) is 31.0 Å². The number of hydrogen-bond donors (Lipinski definition) is 1. The number of aromatic amines is 1. The Labute approximate surface area is 162 Å². The maximum absolute atomic E-state index is 13.8. The molecule has 0 bridgehead atoms. The van der Waals surface area contributed by atoms with Gasteiger partial charge in [-0.1, -0.05) is 24.3 Å². The first-order chi connectivity index (χ1) is 13.4. The Balaban J connectivity index is 1.49. The van der Waals surface area contributed by atoms with Crippen LogP contribution in [0, 0.1) is 0 Å². The molecule has 1 amide bonds. The lowest BCUT2D eigenvalue weighted by Gasteiger charge is -2.17. The minimum Gasteiger partial charge on any atom is -0.474 e.